The van der Waals surface area contributed by atoms with E-state index in [1.54, 1.807) is 8.24 Å². The standard InChI is InChI=1S/2C24H25.CH3.Ga/c2*1-15-10-17(3)23(18(4)11-15)21-8-7-9-22(14-21)24-19(5)12-16(2)13-20(24)6;;/h2*7-13H,1-6H3;1H3;. The van der Waals surface area contributed by atoms with Crippen molar-refractivity contribution in [2.24, 2.45) is 0 Å². The Morgan fingerprint density at radius 3 is 0.660 bits per heavy atom. The fourth-order valence-corrected chi connectivity index (χ4v) is 16.0. The first-order valence-electron chi connectivity index (χ1n) is 18.3. The van der Waals surface area contributed by atoms with Crippen molar-refractivity contribution in [1.29, 1.82) is 0 Å². The molecule has 0 amide bonds. The molecule has 0 aliphatic heterocycles. The van der Waals surface area contributed by atoms with Crippen LogP contribution in [0.5, 0.6) is 0 Å². The van der Waals surface area contributed by atoms with Gasteiger partial charge in [0.2, 0.25) is 0 Å². The van der Waals surface area contributed by atoms with E-state index in [1.165, 1.54) is 111 Å². The monoisotopic (exact) mass is 710 g/mol. The van der Waals surface area contributed by atoms with Crippen molar-refractivity contribution in [3.05, 3.63) is 152 Å². The summed E-state index contributed by atoms with van der Waals surface area (Å²) in [4.78, 5) is 0. The zero-order valence-electron chi connectivity index (χ0n) is 32.7. The second-order valence-electron chi connectivity index (χ2n) is 15.4. The van der Waals surface area contributed by atoms with Gasteiger partial charge in [0.1, 0.15) is 0 Å². The molecule has 6 rings (SSSR count). The first kappa shape index (κ1) is 35.8. The third-order valence-electron chi connectivity index (χ3n) is 10.9. The molecule has 0 aromatic heterocycles. The molecule has 0 nitrogen and oxygen atoms in total. The molecule has 0 saturated carbocycles. The van der Waals surface area contributed by atoms with Crippen LogP contribution in [0.15, 0.2) is 84.9 Å². The number of aryl methyl sites for hydroxylation is 12. The van der Waals surface area contributed by atoms with Crippen LogP contribution in [0.2, 0.25) is 5.48 Å². The molecule has 0 fully saturated rings. The Bertz CT molecular complexity index is 1890. The summed E-state index contributed by atoms with van der Waals surface area (Å²) in [5.41, 5.74) is 30.1. The van der Waals surface area contributed by atoms with E-state index < -0.39 is 16.2 Å². The van der Waals surface area contributed by atoms with E-state index in [1.807, 2.05) is 0 Å². The zero-order chi connectivity index (χ0) is 36.2. The normalized spacial score (nSPS) is 11.3. The quantitative estimate of drug-likeness (QED) is 0.151. The Hall–Kier alpha value is -4.04. The van der Waals surface area contributed by atoms with Crippen LogP contribution in [0, 0.1) is 83.1 Å². The van der Waals surface area contributed by atoms with E-state index in [4.69, 9.17) is 0 Å². The van der Waals surface area contributed by atoms with Crippen molar-refractivity contribution in [3.63, 3.8) is 0 Å². The van der Waals surface area contributed by atoms with Gasteiger partial charge in [-0.1, -0.05) is 0 Å². The molecule has 0 N–H and O–H groups in total. The molecule has 0 unspecified atom stereocenters. The maximum absolute atomic E-state index is 2.69. The number of rotatable bonds is 6. The van der Waals surface area contributed by atoms with Gasteiger partial charge in [-0.05, 0) is 0 Å². The van der Waals surface area contributed by atoms with Crippen molar-refractivity contribution < 1.29 is 0 Å². The van der Waals surface area contributed by atoms with Gasteiger partial charge < -0.3 is 0 Å². The molecule has 6 aromatic carbocycles. The summed E-state index contributed by atoms with van der Waals surface area (Å²) in [6.45, 7) is 27.4. The van der Waals surface area contributed by atoms with E-state index in [0.717, 1.165) is 0 Å². The van der Waals surface area contributed by atoms with Crippen LogP contribution >= 0.6 is 0 Å². The molecule has 0 bridgehead atoms. The van der Waals surface area contributed by atoms with Gasteiger partial charge in [0, 0.05) is 0 Å². The van der Waals surface area contributed by atoms with Gasteiger partial charge >= 0.3 is 309 Å². The van der Waals surface area contributed by atoms with E-state index in [-0.39, 0.29) is 0 Å². The molecule has 0 heterocycles. The summed E-state index contributed by atoms with van der Waals surface area (Å²) >= 11 is -2.69. The Kier molecular flexibility index (Phi) is 9.97. The van der Waals surface area contributed by atoms with Gasteiger partial charge in [-0.2, -0.15) is 0 Å². The first-order chi connectivity index (χ1) is 23.7. The van der Waals surface area contributed by atoms with Crippen molar-refractivity contribution in [1.82, 2.24) is 0 Å². The Morgan fingerprint density at radius 2 is 0.480 bits per heavy atom. The van der Waals surface area contributed by atoms with Crippen molar-refractivity contribution in [2.45, 2.75) is 88.6 Å². The molecule has 50 heavy (non-hydrogen) atoms. The molecule has 0 spiro atoms. The second kappa shape index (κ2) is 13.9. The summed E-state index contributed by atoms with van der Waals surface area (Å²) in [6.07, 6.45) is 0. The van der Waals surface area contributed by atoms with Crippen molar-refractivity contribution >= 4 is 24.5 Å². The third kappa shape index (κ3) is 6.47. The zero-order valence-corrected chi connectivity index (χ0v) is 35.1. The Morgan fingerprint density at radius 1 is 0.300 bits per heavy atom. The number of benzene rings is 6. The summed E-state index contributed by atoms with van der Waals surface area (Å²) in [7, 11) is 0. The van der Waals surface area contributed by atoms with Crippen LogP contribution in [0.4, 0.5) is 0 Å². The van der Waals surface area contributed by atoms with Crippen LogP contribution in [0.1, 0.15) is 66.8 Å². The Labute approximate surface area is 307 Å². The van der Waals surface area contributed by atoms with Crippen LogP contribution in [0.3, 0.4) is 0 Å². The van der Waals surface area contributed by atoms with E-state index in [2.05, 4.69) is 173 Å². The summed E-state index contributed by atoms with van der Waals surface area (Å²) in [5, 5.41) is 0. The van der Waals surface area contributed by atoms with Crippen LogP contribution in [0.25, 0.3) is 44.5 Å². The average molecular weight is 712 g/mol. The van der Waals surface area contributed by atoms with Gasteiger partial charge in [0.25, 0.3) is 0 Å². The van der Waals surface area contributed by atoms with Gasteiger partial charge in [0.15, 0.2) is 0 Å². The van der Waals surface area contributed by atoms with E-state index in [9.17, 15) is 0 Å². The van der Waals surface area contributed by atoms with Crippen LogP contribution in [-0.2, 0) is 0 Å². The molecule has 0 aliphatic carbocycles. The summed E-state index contributed by atoms with van der Waals surface area (Å²) in [6, 6.07) is 33.3. The summed E-state index contributed by atoms with van der Waals surface area (Å²) in [5.74, 6) is 0. The van der Waals surface area contributed by atoms with Crippen LogP contribution < -0.4 is 8.24 Å². The molecule has 0 radical (unpaired) electrons. The Balaban J connectivity index is 1.81. The van der Waals surface area contributed by atoms with Gasteiger partial charge in [-0.25, -0.2) is 0 Å². The minimum atomic E-state index is -2.69. The fourth-order valence-electron chi connectivity index (χ4n) is 9.50. The number of hydrogen-bond donors (Lipinski definition) is 0. The van der Waals surface area contributed by atoms with Gasteiger partial charge in [0.05, 0.1) is 0 Å². The third-order valence-corrected chi connectivity index (χ3v) is 17.1. The topological polar surface area (TPSA) is 0 Å². The molecule has 0 atom stereocenters. The van der Waals surface area contributed by atoms with Crippen molar-refractivity contribution in [2.75, 3.05) is 0 Å². The van der Waals surface area contributed by atoms with E-state index in [0.29, 0.717) is 0 Å². The predicted octanol–water partition coefficient (Wildman–Crippen LogP) is 12.3. The predicted molar refractivity (Wildman–Crippen MR) is 222 cm³/mol. The molecular formula is C49H53Ga. The second-order valence-corrected chi connectivity index (χ2v) is 20.8. The van der Waals surface area contributed by atoms with Crippen molar-refractivity contribution in [3.8, 4) is 44.5 Å². The van der Waals surface area contributed by atoms with E-state index >= 15 is 0 Å². The molecule has 252 valence electrons. The number of hydrogen-bond acceptors (Lipinski definition) is 0. The molecule has 1 heteroatoms. The molecule has 6 aromatic rings. The van der Waals surface area contributed by atoms with Crippen LogP contribution in [-0.4, -0.2) is 16.2 Å². The SMILES string of the molecule is Cc1cc(C)c(-c2cccc(-c3c(C)cc(C)cc3C)[c]2[Ga]([CH3])[c]2c(-c3c(C)cc(C)cc3C)cccc2-c2c(C)cc(C)cc2C)c(C)c1. The summed E-state index contributed by atoms with van der Waals surface area (Å²) < 4.78 is 3.17. The molecule has 0 saturated heterocycles. The first-order valence-corrected chi connectivity index (χ1v) is 23.1. The fraction of sp³-hybridized carbons (Fsp3) is 0.265. The molecular weight excluding hydrogens is 658 g/mol. The van der Waals surface area contributed by atoms with Gasteiger partial charge in [-0.15, -0.1) is 0 Å². The minimum absolute atomic E-state index is 1.32. The average Bonchev–Trinajstić information content (AvgIpc) is 2.99. The molecule has 0 aliphatic rings. The van der Waals surface area contributed by atoms with Gasteiger partial charge in [-0.3, -0.25) is 0 Å². The maximum atomic E-state index is 2.66.